The summed E-state index contributed by atoms with van der Waals surface area (Å²) >= 11 is 0. The fraction of sp³-hybridized carbons (Fsp3) is 0.824. The Hall–Kier alpha value is -1.27. The molecule has 3 rings (SSSR count). The summed E-state index contributed by atoms with van der Waals surface area (Å²) in [6, 6.07) is 0. The molecule has 1 saturated carbocycles. The van der Waals surface area contributed by atoms with Gasteiger partial charge in [0.2, 0.25) is 6.29 Å². The molecule has 0 aromatic carbocycles. The summed E-state index contributed by atoms with van der Waals surface area (Å²) in [5.41, 5.74) is 0.202. The molecule has 0 unspecified atom stereocenters. The van der Waals surface area contributed by atoms with Gasteiger partial charge in [-0.05, 0) is 12.3 Å². The molecule has 10 heteroatoms. The van der Waals surface area contributed by atoms with Gasteiger partial charge in [-0.3, -0.25) is 0 Å². The number of ether oxygens (including phenoxy) is 4. The summed E-state index contributed by atoms with van der Waals surface area (Å²) in [6.45, 7) is 1.30. The lowest BCUT2D eigenvalue weighted by Gasteiger charge is -2.43. The summed E-state index contributed by atoms with van der Waals surface area (Å²) in [6.07, 6.45) is -7.31. The van der Waals surface area contributed by atoms with E-state index in [1.54, 1.807) is 0 Å². The van der Waals surface area contributed by atoms with Gasteiger partial charge in [-0.25, -0.2) is 4.79 Å². The topological polar surface area (TPSA) is 155 Å². The van der Waals surface area contributed by atoms with Crippen LogP contribution in [0.2, 0.25) is 0 Å². The molecule has 5 N–H and O–H groups in total. The van der Waals surface area contributed by atoms with Gasteiger partial charge in [0.25, 0.3) is 0 Å². The molecule has 1 saturated heterocycles. The third kappa shape index (κ3) is 3.58. The molecule has 10 atom stereocenters. The molecule has 0 spiro atoms. The number of rotatable bonds is 4. The van der Waals surface area contributed by atoms with Gasteiger partial charge in [-0.2, -0.15) is 0 Å². The smallest absolute Gasteiger partial charge is 0.337 e. The van der Waals surface area contributed by atoms with Crippen LogP contribution in [0.1, 0.15) is 13.3 Å². The quantitative estimate of drug-likeness (QED) is 0.336. The van der Waals surface area contributed by atoms with Crippen molar-refractivity contribution in [3.63, 3.8) is 0 Å². The normalized spacial score (nSPS) is 47.0. The molecule has 0 bridgehead atoms. The molecule has 0 aromatic heterocycles. The van der Waals surface area contributed by atoms with Crippen LogP contribution in [0.5, 0.6) is 0 Å². The summed E-state index contributed by atoms with van der Waals surface area (Å²) in [5.74, 6) is -1.68. The van der Waals surface area contributed by atoms with Crippen molar-refractivity contribution in [2.45, 2.75) is 56.4 Å². The zero-order valence-electron chi connectivity index (χ0n) is 15.0. The lowest BCUT2D eigenvalue weighted by Crippen LogP contribution is -2.60. The van der Waals surface area contributed by atoms with E-state index < -0.39 is 67.5 Å². The Morgan fingerprint density at radius 1 is 1.19 bits per heavy atom. The van der Waals surface area contributed by atoms with E-state index >= 15 is 0 Å². The molecule has 0 amide bonds. The van der Waals surface area contributed by atoms with Crippen LogP contribution in [-0.2, 0) is 23.7 Å². The highest BCUT2D eigenvalue weighted by molar-refractivity contribution is 5.89. The van der Waals surface area contributed by atoms with Crippen molar-refractivity contribution in [3.05, 3.63) is 11.8 Å². The number of aliphatic hydroxyl groups is 5. The Morgan fingerprint density at radius 2 is 1.89 bits per heavy atom. The summed E-state index contributed by atoms with van der Waals surface area (Å²) in [7, 11) is 1.24. The zero-order chi connectivity index (χ0) is 19.9. The van der Waals surface area contributed by atoms with Gasteiger partial charge < -0.3 is 44.5 Å². The standard InChI is InChI=1S/C17H26O10/c1-6-3-8(19)11-7(15(23)24-2)5-25-16(10(6)11)27-17-14(22)13(21)12(20)9(4-18)26-17/h5-6,8-14,16-22H,3-4H2,1-2H3/t6-,8-,9+,10+,11+,12+,13-,14+,16-,17+/m0/s1. The lowest BCUT2D eigenvalue weighted by molar-refractivity contribution is -0.342. The van der Waals surface area contributed by atoms with E-state index in [2.05, 4.69) is 0 Å². The van der Waals surface area contributed by atoms with E-state index in [0.29, 0.717) is 6.42 Å². The van der Waals surface area contributed by atoms with Crippen LogP contribution in [0.25, 0.3) is 0 Å². The third-order valence-electron chi connectivity index (χ3n) is 5.64. The second-order valence-corrected chi connectivity index (χ2v) is 7.29. The number of carbonyl (C=O) groups excluding carboxylic acids is 1. The van der Waals surface area contributed by atoms with Crippen molar-refractivity contribution in [2.75, 3.05) is 13.7 Å². The van der Waals surface area contributed by atoms with Gasteiger partial charge in [0, 0.05) is 11.8 Å². The second-order valence-electron chi connectivity index (χ2n) is 7.29. The van der Waals surface area contributed by atoms with Crippen LogP contribution < -0.4 is 0 Å². The molecule has 154 valence electrons. The number of hydrogen-bond donors (Lipinski definition) is 5. The Morgan fingerprint density at radius 3 is 2.52 bits per heavy atom. The molecule has 27 heavy (non-hydrogen) atoms. The van der Waals surface area contributed by atoms with Crippen LogP contribution in [0, 0.1) is 17.8 Å². The van der Waals surface area contributed by atoms with Gasteiger partial charge >= 0.3 is 5.97 Å². The van der Waals surface area contributed by atoms with E-state index in [9.17, 15) is 30.3 Å². The van der Waals surface area contributed by atoms with Crippen LogP contribution in [0.4, 0.5) is 0 Å². The molecule has 0 radical (unpaired) electrons. The minimum absolute atomic E-state index is 0.0757. The monoisotopic (exact) mass is 390 g/mol. The highest BCUT2D eigenvalue weighted by atomic mass is 16.8. The van der Waals surface area contributed by atoms with Crippen molar-refractivity contribution in [1.29, 1.82) is 0 Å². The Balaban J connectivity index is 1.80. The number of esters is 1. The molecular formula is C17H26O10. The summed E-state index contributed by atoms with van der Waals surface area (Å²) < 4.78 is 21.3. The predicted octanol–water partition coefficient (Wildman–Crippen LogP) is -2.15. The average Bonchev–Trinajstić information content (AvgIpc) is 2.96. The number of methoxy groups -OCH3 is 1. The number of carbonyl (C=O) groups is 1. The van der Waals surface area contributed by atoms with Crippen molar-refractivity contribution in [1.82, 2.24) is 0 Å². The molecule has 2 aliphatic heterocycles. The van der Waals surface area contributed by atoms with Gasteiger partial charge in [0.05, 0.1) is 31.7 Å². The molecule has 1 aliphatic carbocycles. The zero-order valence-corrected chi connectivity index (χ0v) is 15.0. The molecule has 2 heterocycles. The van der Waals surface area contributed by atoms with E-state index in [0.717, 1.165) is 0 Å². The highest BCUT2D eigenvalue weighted by Gasteiger charge is 2.53. The maximum atomic E-state index is 12.0. The van der Waals surface area contributed by atoms with Gasteiger partial charge in [-0.15, -0.1) is 0 Å². The maximum absolute atomic E-state index is 12.0. The van der Waals surface area contributed by atoms with Crippen molar-refractivity contribution >= 4 is 5.97 Å². The average molecular weight is 390 g/mol. The largest absolute Gasteiger partial charge is 0.472 e. The van der Waals surface area contributed by atoms with Gasteiger partial charge in [0.15, 0.2) is 6.29 Å². The Kier molecular flexibility index (Phi) is 6.06. The Bertz CT molecular complexity index is 578. The molecule has 2 fully saturated rings. The van der Waals surface area contributed by atoms with Crippen LogP contribution in [0.3, 0.4) is 0 Å². The first-order valence-corrected chi connectivity index (χ1v) is 8.88. The predicted molar refractivity (Wildman–Crippen MR) is 86.6 cm³/mol. The fourth-order valence-electron chi connectivity index (χ4n) is 4.19. The van der Waals surface area contributed by atoms with Crippen molar-refractivity contribution in [2.24, 2.45) is 17.8 Å². The van der Waals surface area contributed by atoms with Crippen LogP contribution in [0.15, 0.2) is 11.8 Å². The first kappa shape index (κ1) is 20.5. The fourth-order valence-corrected chi connectivity index (χ4v) is 4.19. The van der Waals surface area contributed by atoms with Gasteiger partial charge in [0.1, 0.15) is 24.4 Å². The van der Waals surface area contributed by atoms with Crippen molar-refractivity contribution < 1.29 is 49.3 Å². The molecule has 0 aromatic rings. The molecular weight excluding hydrogens is 364 g/mol. The first-order chi connectivity index (χ1) is 12.8. The van der Waals surface area contributed by atoms with E-state index in [1.165, 1.54) is 13.4 Å². The highest BCUT2D eigenvalue weighted by Crippen LogP contribution is 2.47. The van der Waals surface area contributed by atoms with E-state index in [1.807, 2.05) is 6.92 Å². The maximum Gasteiger partial charge on any atom is 0.337 e. The minimum Gasteiger partial charge on any atom is -0.472 e. The SMILES string of the molecule is COC(=O)C1=CO[C@@H](O[C@H]2O[C@H](CO)[C@@H](O)[C@H](O)[C@H]2O)[C@H]2[C@H]1[C@@H](O)C[C@@H]2C. The van der Waals surface area contributed by atoms with E-state index in [-0.39, 0.29) is 11.5 Å². The summed E-state index contributed by atoms with van der Waals surface area (Å²) in [4.78, 5) is 12.0. The van der Waals surface area contributed by atoms with Gasteiger partial charge in [-0.1, -0.05) is 6.92 Å². The molecule has 10 nitrogen and oxygen atoms in total. The number of hydrogen-bond acceptors (Lipinski definition) is 10. The third-order valence-corrected chi connectivity index (χ3v) is 5.64. The number of fused-ring (bicyclic) bond motifs is 1. The van der Waals surface area contributed by atoms with E-state index in [4.69, 9.17) is 18.9 Å². The lowest BCUT2D eigenvalue weighted by atomic mass is 9.82. The van der Waals surface area contributed by atoms with Crippen molar-refractivity contribution in [3.8, 4) is 0 Å². The van der Waals surface area contributed by atoms with Crippen LogP contribution >= 0.6 is 0 Å². The Labute approximate surface area is 155 Å². The molecule has 3 aliphatic rings. The number of aliphatic hydroxyl groups excluding tert-OH is 5. The second kappa shape index (κ2) is 8.00. The first-order valence-electron chi connectivity index (χ1n) is 8.88. The van der Waals surface area contributed by atoms with Crippen LogP contribution in [-0.4, -0.2) is 88.3 Å². The minimum atomic E-state index is -1.58. The summed E-state index contributed by atoms with van der Waals surface area (Å²) in [5, 5.41) is 49.6.